The molecular weight excluding hydrogens is 306 g/mol. The first-order valence-electron chi connectivity index (χ1n) is 6.90. The van der Waals surface area contributed by atoms with Gasteiger partial charge in [0.25, 0.3) is 5.91 Å². The van der Waals surface area contributed by atoms with E-state index in [0.29, 0.717) is 0 Å². The summed E-state index contributed by atoms with van der Waals surface area (Å²) in [5, 5.41) is 10.7. The Hall–Kier alpha value is -1.46. The SMILES string of the molecule is CCc1ccc(C(NC(=O)c2nnc(Cl)s2)C(C)C)cc1. The minimum absolute atomic E-state index is 0.0638. The highest BCUT2D eigenvalue weighted by atomic mass is 35.5. The van der Waals surface area contributed by atoms with E-state index in [9.17, 15) is 4.79 Å². The van der Waals surface area contributed by atoms with Gasteiger partial charge >= 0.3 is 0 Å². The Balaban J connectivity index is 2.16. The van der Waals surface area contributed by atoms with Gasteiger partial charge in [-0.05, 0) is 35.1 Å². The molecule has 0 fully saturated rings. The topological polar surface area (TPSA) is 54.9 Å². The predicted octanol–water partition coefficient (Wildman–Crippen LogP) is 3.88. The van der Waals surface area contributed by atoms with Crippen LogP contribution < -0.4 is 5.32 Å². The second kappa shape index (κ2) is 7.00. The fourth-order valence-corrected chi connectivity index (χ4v) is 2.83. The van der Waals surface area contributed by atoms with E-state index in [1.54, 1.807) is 0 Å². The van der Waals surface area contributed by atoms with Crippen molar-refractivity contribution in [3.05, 3.63) is 44.9 Å². The summed E-state index contributed by atoms with van der Waals surface area (Å²) in [7, 11) is 0. The van der Waals surface area contributed by atoms with E-state index in [4.69, 9.17) is 11.6 Å². The normalized spacial score (nSPS) is 12.4. The van der Waals surface area contributed by atoms with Gasteiger partial charge in [-0.3, -0.25) is 4.79 Å². The number of carbonyl (C=O) groups excluding carboxylic acids is 1. The number of aryl methyl sites for hydroxylation is 1. The highest BCUT2D eigenvalue weighted by Gasteiger charge is 2.21. The van der Waals surface area contributed by atoms with Crippen molar-refractivity contribution in [2.24, 2.45) is 5.92 Å². The fraction of sp³-hybridized carbons (Fsp3) is 0.400. The lowest BCUT2D eigenvalue weighted by Crippen LogP contribution is -2.31. The van der Waals surface area contributed by atoms with E-state index in [1.807, 2.05) is 0 Å². The largest absolute Gasteiger partial charge is 0.343 e. The van der Waals surface area contributed by atoms with Gasteiger partial charge in [0.1, 0.15) is 0 Å². The Morgan fingerprint density at radius 3 is 2.43 bits per heavy atom. The maximum Gasteiger partial charge on any atom is 0.282 e. The standard InChI is InChI=1S/C15H18ClN3OS/c1-4-10-5-7-11(8-6-10)12(9(2)3)17-13(20)14-18-19-15(16)21-14/h5-9,12H,4H2,1-3H3,(H,17,20). The molecule has 0 aliphatic rings. The molecule has 4 nitrogen and oxygen atoms in total. The minimum atomic E-state index is -0.238. The highest BCUT2D eigenvalue weighted by molar-refractivity contribution is 7.17. The van der Waals surface area contributed by atoms with Crippen LogP contribution in [0.5, 0.6) is 0 Å². The number of aromatic nitrogens is 2. The third-order valence-electron chi connectivity index (χ3n) is 3.29. The van der Waals surface area contributed by atoms with Crippen LogP contribution in [0.1, 0.15) is 47.7 Å². The van der Waals surface area contributed by atoms with Gasteiger partial charge in [-0.15, -0.1) is 10.2 Å². The average molecular weight is 324 g/mol. The molecule has 112 valence electrons. The molecule has 1 aromatic heterocycles. The van der Waals surface area contributed by atoms with Gasteiger partial charge in [0.05, 0.1) is 6.04 Å². The Labute approximate surface area is 133 Å². The monoisotopic (exact) mass is 323 g/mol. The molecule has 1 atom stereocenters. The first-order valence-corrected chi connectivity index (χ1v) is 8.09. The van der Waals surface area contributed by atoms with E-state index >= 15 is 0 Å². The molecular formula is C15H18ClN3OS. The molecule has 1 amide bonds. The van der Waals surface area contributed by atoms with Crippen LogP contribution in [-0.2, 0) is 6.42 Å². The summed E-state index contributed by atoms with van der Waals surface area (Å²) in [5.41, 5.74) is 2.37. The van der Waals surface area contributed by atoms with E-state index in [0.717, 1.165) is 23.3 Å². The number of hydrogen-bond acceptors (Lipinski definition) is 4. The van der Waals surface area contributed by atoms with Crippen molar-refractivity contribution >= 4 is 28.8 Å². The molecule has 21 heavy (non-hydrogen) atoms. The number of benzene rings is 1. The summed E-state index contributed by atoms with van der Waals surface area (Å²) in [6, 6.07) is 8.26. The molecule has 1 aromatic carbocycles. The Morgan fingerprint density at radius 2 is 1.95 bits per heavy atom. The fourth-order valence-electron chi connectivity index (χ4n) is 2.10. The number of halogens is 1. The molecule has 0 spiro atoms. The molecule has 1 N–H and O–H groups in total. The lowest BCUT2D eigenvalue weighted by molar-refractivity contribution is 0.0924. The second-order valence-electron chi connectivity index (χ2n) is 5.15. The summed E-state index contributed by atoms with van der Waals surface area (Å²) in [6.45, 7) is 6.27. The second-order valence-corrected chi connectivity index (χ2v) is 6.71. The van der Waals surface area contributed by atoms with Gasteiger partial charge in [-0.2, -0.15) is 0 Å². The van der Waals surface area contributed by atoms with Crippen molar-refractivity contribution in [1.82, 2.24) is 15.5 Å². The zero-order valence-electron chi connectivity index (χ0n) is 12.3. The van der Waals surface area contributed by atoms with Gasteiger partial charge in [0, 0.05) is 0 Å². The smallest absolute Gasteiger partial charge is 0.282 e. The number of carbonyl (C=O) groups is 1. The van der Waals surface area contributed by atoms with E-state index in [1.165, 1.54) is 5.56 Å². The van der Waals surface area contributed by atoms with Crippen LogP contribution >= 0.6 is 22.9 Å². The van der Waals surface area contributed by atoms with Crippen LogP contribution in [0.15, 0.2) is 24.3 Å². The minimum Gasteiger partial charge on any atom is -0.343 e. The van der Waals surface area contributed by atoms with Crippen LogP contribution in [0.25, 0.3) is 0 Å². The van der Waals surface area contributed by atoms with E-state index < -0.39 is 0 Å². The zero-order valence-corrected chi connectivity index (χ0v) is 13.8. The van der Waals surface area contributed by atoms with Crippen molar-refractivity contribution in [3.63, 3.8) is 0 Å². The van der Waals surface area contributed by atoms with Gasteiger partial charge in [0.2, 0.25) is 9.47 Å². The van der Waals surface area contributed by atoms with E-state index in [-0.39, 0.29) is 27.3 Å². The molecule has 0 saturated carbocycles. The maximum atomic E-state index is 12.2. The molecule has 1 heterocycles. The predicted molar refractivity (Wildman–Crippen MR) is 85.8 cm³/mol. The number of nitrogens with one attached hydrogen (secondary N) is 1. The van der Waals surface area contributed by atoms with Gasteiger partial charge in [-0.1, -0.05) is 56.4 Å². The lowest BCUT2D eigenvalue weighted by atomic mass is 9.95. The Kier molecular flexibility index (Phi) is 5.31. The molecule has 1 unspecified atom stereocenters. The number of hydrogen-bond donors (Lipinski definition) is 1. The first-order chi connectivity index (χ1) is 10.0. The van der Waals surface area contributed by atoms with Crippen LogP contribution in [0.4, 0.5) is 0 Å². The molecule has 0 radical (unpaired) electrons. The van der Waals surface area contributed by atoms with Crippen molar-refractivity contribution < 1.29 is 4.79 Å². The van der Waals surface area contributed by atoms with Crippen LogP contribution in [0.2, 0.25) is 4.47 Å². The zero-order chi connectivity index (χ0) is 15.4. The molecule has 2 rings (SSSR count). The first kappa shape index (κ1) is 15.9. The molecule has 0 aliphatic carbocycles. The Bertz CT molecular complexity index is 610. The van der Waals surface area contributed by atoms with E-state index in [2.05, 4.69) is 60.6 Å². The lowest BCUT2D eigenvalue weighted by Gasteiger charge is -2.22. The average Bonchev–Trinajstić information content (AvgIpc) is 2.91. The molecule has 2 aromatic rings. The third-order valence-corrected chi connectivity index (χ3v) is 4.31. The van der Waals surface area contributed by atoms with Crippen LogP contribution in [-0.4, -0.2) is 16.1 Å². The van der Waals surface area contributed by atoms with Crippen LogP contribution in [0.3, 0.4) is 0 Å². The number of nitrogens with zero attached hydrogens (tertiary/aromatic N) is 2. The maximum absolute atomic E-state index is 12.2. The van der Waals surface area contributed by atoms with Crippen molar-refractivity contribution in [2.45, 2.75) is 33.2 Å². The quantitative estimate of drug-likeness (QED) is 0.908. The summed E-state index contributed by atoms with van der Waals surface area (Å²) in [5.74, 6) is 0.0301. The van der Waals surface area contributed by atoms with Gasteiger partial charge in [0.15, 0.2) is 0 Å². The molecule has 0 saturated heterocycles. The summed E-state index contributed by atoms with van der Waals surface area (Å²) < 4.78 is 0.272. The molecule has 6 heteroatoms. The highest BCUT2D eigenvalue weighted by Crippen LogP contribution is 2.23. The van der Waals surface area contributed by atoms with Crippen molar-refractivity contribution in [3.8, 4) is 0 Å². The summed E-state index contributed by atoms with van der Waals surface area (Å²) in [4.78, 5) is 12.2. The van der Waals surface area contributed by atoms with Crippen molar-refractivity contribution in [1.29, 1.82) is 0 Å². The number of amides is 1. The summed E-state index contributed by atoms with van der Waals surface area (Å²) >= 11 is 6.80. The molecule has 0 bridgehead atoms. The number of rotatable bonds is 5. The molecule has 0 aliphatic heterocycles. The van der Waals surface area contributed by atoms with Crippen LogP contribution in [0, 0.1) is 5.92 Å². The third kappa shape index (κ3) is 4.02. The van der Waals surface area contributed by atoms with Gasteiger partial charge < -0.3 is 5.32 Å². The van der Waals surface area contributed by atoms with Gasteiger partial charge in [-0.25, -0.2) is 0 Å². The Morgan fingerprint density at radius 1 is 1.29 bits per heavy atom. The summed E-state index contributed by atoms with van der Waals surface area (Å²) in [6.07, 6.45) is 1.00. The van der Waals surface area contributed by atoms with Crippen molar-refractivity contribution in [2.75, 3.05) is 0 Å².